The van der Waals surface area contributed by atoms with Crippen molar-refractivity contribution in [2.45, 2.75) is 13.3 Å². The quantitative estimate of drug-likeness (QED) is 0.604. The molecule has 0 spiro atoms. The Labute approximate surface area is 152 Å². The number of nitrogens with one attached hydrogen (secondary N) is 1. The van der Waals surface area contributed by atoms with Gasteiger partial charge < -0.3 is 0 Å². The van der Waals surface area contributed by atoms with Gasteiger partial charge in [-0.15, -0.1) is 11.3 Å². The molecule has 0 saturated carbocycles. The number of rotatable bonds is 4. The Morgan fingerprint density at radius 1 is 1.20 bits per heavy atom. The van der Waals surface area contributed by atoms with Crippen LogP contribution in [0, 0.1) is 11.6 Å². The summed E-state index contributed by atoms with van der Waals surface area (Å²) in [5, 5.41) is 4.55. The average molecular weight is 379 g/mol. The summed E-state index contributed by atoms with van der Waals surface area (Å²) in [4.78, 5) is 16.6. The molecule has 3 nitrogen and oxygen atoms in total. The second kappa shape index (κ2) is 7.29. The Bertz CT molecular complexity index is 925. The van der Waals surface area contributed by atoms with Crippen molar-refractivity contribution in [2.24, 2.45) is 0 Å². The Morgan fingerprint density at radius 2 is 1.88 bits per heavy atom. The molecule has 7 heteroatoms. The molecule has 3 aromatic rings. The number of aryl methyl sites for hydroxylation is 1. The van der Waals surface area contributed by atoms with E-state index in [0.717, 1.165) is 29.8 Å². The second-order valence-corrected chi connectivity index (χ2v) is 6.55. The first-order valence-electron chi connectivity index (χ1n) is 7.48. The first kappa shape index (κ1) is 17.5. The lowest BCUT2D eigenvalue weighted by Crippen LogP contribution is -2.13. The van der Waals surface area contributed by atoms with Gasteiger partial charge >= 0.3 is 0 Å². The molecule has 0 fully saturated rings. The summed E-state index contributed by atoms with van der Waals surface area (Å²) >= 11 is 7.04. The van der Waals surface area contributed by atoms with Crippen LogP contribution in [0.1, 0.15) is 22.8 Å². The minimum absolute atomic E-state index is 0.149. The zero-order valence-electron chi connectivity index (χ0n) is 13.1. The van der Waals surface area contributed by atoms with Crippen molar-refractivity contribution in [3.63, 3.8) is 0 Å². The molecule has 0 aliphatic carbocycles. The fourth-order valence-electron chi connectivity index (χ4n) is 2.24. The number of hydrogen-bond donors (Lipinski definition) is 1. The lowest BCUT2D eigenvalue weighted by molar-refractivity contribution is 0.102. The second-order valence-electron chi connectivity index (χ2n) is 5.29. The van der Waals surface area contributed by atoms with E-state index in [1.807, 2.05) is 29.6 Å². The van der Waals surface area contributed by atoms with Crippen LogP contribution in [0.15, 0.2) is 41.8 Å². The van der Waals surface area contributed by atoms with Crippen LogP contribution >= 0.6 is 22.9 Å². The molecule has 0 bridgehead atoms. The van der Waals surface area contributed by atoms with Gasteiger partial charge in [-0.3, -0.25) is 10.1 Å². The topological polar surface area (TPSA) is 42.0 Å². The number of carbonyl (C=O) groups is 1. The van der Waals surface area contributed by atoms with E-state index in [0.29, 0.717) is 5.13 Å². The lowest BCUT2D eigenvalue weighted by atomic mass is 10.1. The van der Waals surface area contributed by atoms with Gasteiger partial charge in [0, 0.05) is 10.9 Å². The number of anilines is 1. The van der Waals surface area contributed by atoms with Gasteiger partial charge in [0.2, 0.25) is 0 Å². The van der Waals surface area contributed by atoms with Crippen molar-refractivity contribution >= 4 is 34.0 Å². The molecule has 0 saturated heterocycles. The summed E-state index contributed by atoms with van der Waals surface area (Å²) in [5.74, 6) is -2.88. The summed E-state index contributed by atoms with van der Waals surface area (Å²) in [7, 11) is 0. The number of hydrogen-bond acceptors (Lipinski definition) is 3. The highest BCUT2D eigenvalue weighted by molar-refractivity contribution is 7.14. The van der Waals surface area contributed by atoms with Gasteiger partial charge in [0.1, 0.15) is 0 Å². The van der Waals surface area contributed by atoms with Crippen LogP contribution in [0.4, 0.5) is 13.9 Å². The predicted octanol–water partition coefficient (Wildman–Crippen LogP) is 5.56. The molecule has 0 atom stereocenters. The molecule has 0 aliphatic rings. The smallest absolute Gasteiger partial charge is 0.259 e. The molecule has 2 aromatic carbocycles. The van der Waals surface area contributed by atoms with E-state index in [2.05, 4.69) is 17.2 Å². The Hall–Kier alpha value is -2.31. The molecular formula is C18H13ClF2N2OS. The highest BCUT2D eigenvalue weighted by Crippen LogP contribution is 2.27. The van der Waals surface area contributed by atoms with E-state index < -0.39 is 17.5 Å². The maximum Gasteiger partial charge on any atom is 0.259 e. The molecule has 1 amide bonds. The Kier molecular flexibility index (Phi) is 5.11. The lowest BCUT2D eigenvalue weighted by Gasteiger charge is -2.05. The molecule has 3 rings (SSSR count). The minimum atomic E-state index is -1.13. The van der Waals surface area contributed by atoms with Crippen molar-refractivity contribution in [2.75, 3.05) is 5.32 Å². The van der Waals surface area contributed by atoms with Crippen LogP contribution in [0.2, 0.25) is 5.02 Å². The molecule has 1 aromatic heterocycles. The van der Waals surface area contributed by atoms with Crippen LogP contribution in [-0.4, -0.2) is 10.9 Å². The fourth-order valence-corrected chi connectivity index (χ4v) is 3.19. The van der Waals surface area contributed by atoms with Gasteiger partial charge in [-0.2, -0.15) is 0 Å². The standard InChI is InChI=1S/C18H13ClF2N2OS/c1-2-10-3-5-11(6-4-10)16-9-25-18(22-16)23-17(24)12-7-14(20)15(21)8-13(12)19/h3-9H,2H2,1H3,(H,22,23,24). The van der Waals surface area contributed by atoms with Crippen LogP contribution in [0.3, 0.4) is 0 Å². The fraction of sp³-hybridized carbons (Fsp3) is 0.111. The normalized spacial score (nSPS) is 10.7. The first-order chi connectivity index (χ1) is 12.0. The van der Waals surface area contributed by atoms with Crippen LogP contribution in [0.5, 0.6) is 0 Å². The van der Waals surface area contributed by atoms with E-state index in [9.17, 15) is 13.6 Å². The van der Waals surface area contributed by atoms with Gasteiger partial charge in [0.15, 0.2) is 16.8 Å². The maximum atomic E-state index is 13.3. The van der Waals surface area contributed by atoms with Crippen LogP contribution in [-0.2, 0) is 6.42 Å². The summed E-state index contributed by atoms with van der Waals surface area (Å²) in [6.45, 7) is 2.08. The van der Waals surface area contributed by atoms with Crippen molar-refractivity contribution < 1.29 is 13.6 Å². The molecule has 0 radical (unpaired) electrons. The zero-order chi connectivity index (χ0) is 18.0. The number of halogens is 3. The largest absolute Gasteiger partial charge is 0.298 e. The predicted molar refractivity (Wildman–Crippen MR) is 96.2 cm³/mol. The summed E-state index contributed by atoms with van der Waals surface area (Å²) < 4.78 is 26.4. The number of amides is 1. The van der Waals surface area contributed by atoms with Crippen molar-refractivity contribution in [1.82, 2.24) is 4.98 Å². The number of nitrogens with zero attached hydrogens (tertiary/aromatic N) is 1. The third-order valence-electron chi connectivity index (χ3n) is 3.64. The van der Waals surface area contributed by atoms with Gasteiger partial charge in [-0.1, -0.05) is 42.8 Å². The highest BCUT2D eigenvalue weighted by Gasteiger charge is 2.16. The number of benzene rings is 2. The molecule has 128 valence electrons. The third-order valence-corrected chi connectivity index (χ3v) is 4.71. The van der Waals surface area contributed by atoms with Crippen LogP contribution < -0.4 is 5.32 Å². The number of carbonyl (C=O) groups excluding carboxylic acids is 1. The van der Waals surface area contributed by atoms with Crippen LogP contribution in [0.25, 0.3) is 11.3 Å². The Balaban J connectivity index is 1.79. The Morgan fingerprint density at radius 3 is 2.56 bits per heavy atom. The SMILES string of the molecule is CCc1ccc(-c2csc(NC(=O)c3cc(F)c(F)cc3Cl)n2)cc1. The minimum Gasteiger partial charge on any atom is -0.298 e. The molecule has 1 N–H and O–H groups in total. The first-order valence-corrected chi connectivity index (χ1v) is 8.74. The van der Waals surface area contributed by atoms with Crippen molar-refractivity contribution in [3.05, 3.63) is 69.6 Å². The molecule has 0 unspecified atom stereocenters. The number of aromatic nitrogens is 1. The highest BCUT2D eigenvalue weighted by atomic mass is 35.5. The molecule has 1 heterocycles. The van der Waals surface area contributed by atoms with Gasteiger partial charge in [0.05, 0.1) is 16.3 Å². The monoisotopic (exact) mass is 378 g/mol. The van der Waals surface area contributed by atoms with Crippen molar-refractivity contribution in [3.8, 4) is 11.3 Å². The van der Waals surface area contributed by atoms with Crippen molar-refractivity contribution in [1.29, 1.82) is 0 Å². The van der Waals surface area contributed by atoms with Gasteiger partial charge in [-0.05, 0) is 24.1 Å². The van der Waals surface area contributed by atoms with E-state index in [1.165, 1.54) is 16.9 Å². The van der Waals surface area contributed by atoms with E-state index in [1.54, 1.807) is 0 Å². The summed E-state index contributed by atoms with van der Waals surface area (Å²) in [6, 6.07) is 9.51. The van der Waals surface area contributed by atoms with E-state index >= 15 is 0 Å². The van der Waals surface area contributed by atoms with E-state index in [4.69, 9.17) is 11.6 Å². The molecule has 0 aliphatic heterocycles. The summed E-state index contributed by atoms with van der Waals surface area (Å²) in [6.07, 6.45) is 0.952. The number of thiazole rings is 1. The van der Waals surface area contributed by atoms with Gasteiger partial charge in [0.25, 0.3) is 5.91 Å². The average Bonchev–Trinajstić information content (AvgIpc) is 3.06. The third kappa shape index (κ3) is 3.86. The molecule has 25 heavy (non-hydrogen) atoms. The summed E-state index contributed by atoms with van der Waals surface area (Å²) in [5.41, 5.74) is 2.73. The zero-order valence-corrected chi connectivity index (χ0v) is 14.7. The van der Waals surface area contributed by atoms with E-state index in [-0.39, 0.29) is 10.6 Å². The van der Waals surface area contributed by atoms with Gasteiger partial charge in [-0.25, -0.2) is 13.8 Å². The maximum absolute atomic E-state index is 13.3. The molecular weight excluding hydrogens is 366 g/mol.